The third-order valence-corrected chi connectivity index (χ3v) is 6.01. The van der Waals surface area contributed by atoms with Crippen molar-refractivity contribution in [2.75, 3.05) is 10.8 Å². The van der Waals surface area contributed by atoms with Crippen LogP contribution in [0.3, 0.4) is 0 Å². The zero-order valence-electron chi connectivity index (χ0n) is 11.8. The smallest absolute Gasteiger partial charge is 0.202 e. The molecule has 0 N–H and O–H groups in total. The standard InChI is InChI=1S/C15H14ClNO3S2/c1-2-10-22(18,19)20-17-12-7-3-4-9-14(12)21-15-11(16)6-5-8-13(15)17/h3-9H,2,10H2,1H3. The largest absolute Gasteiger partial charge is 0.288 e. The van der Waals surface area contributed by atoms with E-state index < -0.39 is 10.1 Å². The summed E-state index contributed by atoms with van der Waals surface area (Å²) in [5.74, 6) is -0.0330. The third kappa shape index (κ3) is 2.96. The van der Waals surface area contributed by atoms with Crippen molar-refractivity contribution < 1.29 is 12.7 Å². The van der Waals surface area contributed by atoms with Crippen molar-refractivity contribution >= 4 is 44.9 Å². The Morgan fingerprint density at radius 3 is 2.64 bits per heavy atom. The first kappa shape index (κ1) is 15.7. The van der Waals surface area contributed by atoms with Crippen LogP contribution in [-0.4, -0.2) is 14.2 Å². The Labute approximate surface area is 139 Å². The van der Waals surface area contributed by atoms with Crippen LogP contribution in [0.5, 0.6) is 0 Å². The van der Waals surface area contributed by atoms with Crippen LogP contribution >= 0.6 is 23.4 Å². The number of benzene rings is 2. The summed E-state index contributed by atoms with van der Waals surface area (Å²) < 4.78 is 29.6. The van der Waals surface area contributed by atoms with Gasteiger partial charge >= 0.3 is 0 Å². The molecule has 1 aliphatic heterocycles. The van der Waals surface area contributed by atoms with Crippen LogP contribution in [0.2, 0.25) is 5.02 Å². The van der Waals surface area contributed by atoms with Crippen LogP contribution in [0.1, 0.15) is 13.3 Å². The van der Waals surface area contributed by atoms with Gasteiger partial charge in [0.2, 0.25) is 0 Å². The van der Waals surface area contributed by atoms with Crippen LogP contribution in [0.25, 0.3) is 0 Å². The highest BCUT2D eigenvalue weighted by Gasteiger charge is 2.29. The van der Waals surface area contributed by atoms with Crippen molar-refractivity contribution in [3.63, 3.8) is 0 Å². The lowest BCUT2D eigenvalue weighted by atomic mass is 10.2. The molecule has 4 nitrogen and oxygen atoms in total. The number of halogens is 1. The highest BCUT2D eigenvalue weighted by molar-refractivity contribution is 8.00. The number of rotatable bonds is 4. The van der Waals surface area contributed by atoms with Crippen molar-refractivity contribution in [2.45, 2.75) is 23.1 Å². The minimum atomic E-state index is -3.66. The molecule has 0 aliphatic carbocycles. The molecule has 1 heterocycles. The normalized spacial score (nSPS) is 13.6. The van der Waals surface area contributed by atoms with E-state index in [0.29, 0.717) is 22.8 Å². The molecule has 3 rings (SSSR count). The number of hydrogen-bond donors (Lipinski definition) is 0. The Kier molecular flexibility index (Phi) is 4.36. The number of anilines is 2. The van der Waals surface area contributed by atoms with Crippen molar-refractivity contribution in [3.05, 3.63) is 47.5 Å². The average molecular weight is 356 g/mol. The molecule has 0 bridgehead atoms. The topological polar surface area (TPSA) is 46.6 Å². The first-order valence-electron chi connectivity index (χ1n) is 6.79. The maximum Gasteiger partial charge on any atom is 0.288 e. The highest BCUT2D eigenvalue weighted by atomic mass is 35.5. The van der Waals surface area contributed by atoms with E-state index in [0.717, 1.165) is 9.79 Å². The summed E-state index contributed by atoms with van der Waals surface area (Å²) in [6.45, 7) is 1.80. The lowest BCUT2D eigenvalue weighted by molar-refractivity contribution is 0.319. The Morgan fingerprint density at radius 2 is 1.86 bits per heavy atom. The molecule has 1 aliphatic rings. The van der Waals surface area contributed by atoms with Crippen LogP contribution in [0, 0.1) is 0 Å². The van der Waals surface area contributed by atoms with E-state index in [1.54, 1.807) is 25.1 Å². The molecule has 0 saturated heterocycles. The quantitative estimate of drug-likeness (QED) is 0.801. The molecular formula is C15H14ClNO3S2. The summed E-state index contributed by atoms with van der Waals surface area (Å²) in [5.41, 5.74) is 1.33. The average Bonchev–Trinajstić information content (AvgIpc) is 2.48. The summed E-state index contributed by atoms with van der Waals surface area (Å²) in [4.78, 5) is 1.68. The molecule has 0 fully saturated rings. The fourth-order valence-electron chi connectivity index (χ4n) is 2.19. The van der Waals surface area contributed by atoms with E-state index in [1.165, 1.54) is 16.8 Å². The van der Waals surface area contributed by atoms with Gasteiger partial charge in [-0.25, -0.2) is 5.06 Å². The van der Waals surface area contributed by atoms with Gasteiger partial charge in [0.05, 0.1) is 27.0 Å². The van der Waals surface area contributed by atoms with Crippen molar-refractivity contribution in [1.82, 2.24) is 0 Å². The first-order valence-corrected chi connectivity index (χ1v) is 9.57. The zero-order chi connectivity index (χ0) is 15.7. The number of hydrogen-bond acceptors (Lipinski definition) is 5. The van der Waals surface area contributed by atoms with Gasteiger partial charge in [0.15, 0.2) is 0 Å². The maximum atomic E-state index is 12.1. The second-order valence-corrected chi connectivity index (χ2v) is 7.92. The van der Waals surface area contributed by atoms with E-state index in [-0.39, 0.29) is 5.75 Å². The van der Waals surface area contributed by atoms with Gasteiger partial charge in [0.25, 0.3) is 10.1 Å². The zero-order valence-corrected chi connectivity index (χ0v) is 14.2. The van der Waals surface area contributed by atoms with Gasteiger partial charge in [0.1, 0.15) is 0 Å². The summed E-state index contributed by atoms with van der Waals surface area (Å²) in [6, 6.07) is 12.8. The van der Waals surface area contributed by atoms with Gasteiger partial charge in [0, 0.05) is 4.90 Å². The van der Waals surface area contributed by atoms with Gasteiger partial charge in [-0.2, -0.15) is 8.42 Å². The number of para-hydroxylation sites is 1. The summed E-state index contributed by atoms with van der Waals surface area (Å²) in [6.07, 6.45) is 0.495. The Hall–Kier alpha value is -1.21. The summed E-state index contributed by atoms with van der Waals surface area (Å²) in [5, 5.41) is 1.93. The first-order chi connectivity index (χ1) is 10.5. The van der Waals surface area contributed by atoms with Gasteiger partial charge < -0.3 is 0 Å². The van der Waals surface area contributed by atoms with Crippen LogP contribution in [-0.2, 0) is 14.4 Å². The second kappa shape index (κ2) is 6.12. The molecule has 0 saturated carbocycles. The molecule has 0 spiro atoms. The Balaban J connectivity index is 2.11. The molecule has 0 radical (unpaired) electrons. The van der Waals surface area contributed by atoms with Gasteiger partial charge in [-0.15, -0.1) is 4.28 Å². The lowest BCUT2D eigenvalue weighted by Gasteiger charge is -2.30. The molecule has 0 atom stereocenters. The van der Waals surface area contributed by atoms with Gasteiger partial charge in [-0.05, 0) is 30.7 Å². The predicted molar refractivity (Wildman–Crippen MR) is 89.3 cm³/mol. The number of nitrogens with zero attached hydrogens (tertiary/aromatic N) is 1. The third-order valence-electron chi connectivity index (χ3n) is 3.10. The molecule has 0 unspecified atom stereocenters. The maximum absolute atomic E-state index is 12.1. The van der Waals surface area contributed by atoms with Crippen LogP contribution in [0.15, 0.2) is 52.3 Å². The molecule has 7 heteroatoms. The molecule has 22 heavy (non-hydrogen) atoms. The van der Waals surface area contributed by atoms with Gasteiger partial charge in [-0.3, -0.25) is 0 Å². The Morgan fingerprint density at radius 1 is 1.14 bits per heavy atom. The van der Waals surface area contributed by atoms with Crippen molar-refractivity contribution in [3.8, 4) is 0 Å². The van der Waals surface area contributed by atoms with Crippen molar-refractivity contribution in [1.29, 1.82) is 0 Å². The summed E-state index contributed by atoms with van der Waals surface area (Å²) in [7, 11) is -3.66. The molecule has 0 amide bonds. The fraction of sp³-hybridized carbons (Fsp3) is 0.200. The minimum Gasteiger partial charge on any atom is -0.202 e. The molecule has 0 aromatic heterocycles. The number of fused-ring (bicyclic) bond motifs is 2. The van der Waals surface area contributed by atoms with Crippen LogP contribution < -0.4 is 5.06 Å². The summed E-state index contributed by atoms with van der Waals surface area (Å²) >= 11 is 7.76. The van der Waals surface area contributed by atoms with E-state index in [2.05, 4.69) is 0 Å². The van der Waals surface area contributed by atoms with E-state index in [9.17, 15) is 8.42 Å². The van der Waals surface area contributed by atoms with Crippen LogP contribution in [0.4, 0.5) is 11.4 Å². The minimum absolute atomic E-state index is 0.0330. The lowest BCUT2D eigenvalue weighted by Crippen LogP contribution is -2.26. The molecule has 116 valence electrons. The molecule has 2 aromatic rings. The van der Waals surface area contributed by atoms with Crippen molar-refractivity contribution in [2.24, 2.45) is 0 Å². The highest BCUT2D eigenvalue weighted by Crippen LogP contribution is 2.50. The predicted octanol–water partition coefficient (Wildman–Crippen LogP) is 4.61. The molecular weight excluding hydrogens is 342 g/mol. The van der Waals surface area contributed by atoms with E-state index >= 15 is 0 Å². The second-order valence-electron chi connectivity index (χ2n) is 4.79. The SMILES string of the molecule is CCCS(=O)(=O)ON1c2ccccc2Sc2c(Cl)cccc21. The fourth-order valence-corrected chi connectivity index (χ4v) is 4.48. The molecule has 2 aromatic carbocycles. The van der Waals surface area contributed by atoms with E-state index in [1.807, 2.05) is 24.3 Å². The Bertz CT molecular complexity index is 808. The van der Waals surface area contributed by atoms with Gasteiger partial charge in [-0.1, -0.05) is 48.5 Å². The van der Waals surface area contributed by atoms with E-state index in [4.69, 9.17) is 15.9 Å². The monoisotopic (exact) mass is 355 g/mol.